The van der Waals surface area contributed by atoms with E-state index in [0.717, 1.165) is 22.3 Å². The van der Waals surface area contributed by atoms with E-state index in [9.17, 15) is 19.5 Å². The lowest BCUT2D eigenvalue weighted by atomic mass is 9.98. The Balaban J connectivity index is 1.44. The van der Waals surface area contributed by atoms with Crippen molar-refractivity contribution >= 4 is 18.0 Å². The topological polar surface area (TPSA) is 95.9 Å². The van der Waals surface area contributed by atoms with Crippen LogP contribution in [-0.2, 0) is 14.3 Å². The summed E-state index contributed by atoms with van der Waals surface area (Å²) in [6.45, 7) is 3.48. The fourth-order valence-electron chi connectivity index (χ4n) is 4.35. The molecule has 0 bridgehead atoms. The van der Waals surface area contributed by atoms with E-state index in [1.807, 2.05) is 36.4 Å². The number of likely N-dealkylation sites (tertiary alicyclic amines) is 1. The molecule has 156 valence electrons. The Kier molecular flexibility index (Phi) is 4.97. The number of fused-ring (bicyclic) bond motifs is 3. The molecule has 2 atom stereocenters. The largest absolute Gasteiger partial charge is 0.480 e. The zero-order chi connectivity index (χ0) is 21.5. The second kappa shape index (κ2) is 7.48. The van der Waals surface area contributed by atoms with Crippen molar-refractivity contribution in [3.05, 3.63) is 59.7 Å². The molecule has 30 heavy (non-hydrogen) atoms. The van der Waals surface area contributed by atoms with Gasteiger partial charge in [-0.1, -0.05) is 48.5 Å². The lowest BCUT2D eigenvalue weighted by molar-refractivity contribution is -0.148. The maximum absolute atomic E-state index is 12.7. The molecular weight excluding hydrogens is 384 g/mol. The van der Waals surface area contributed by atoms with E-state index in [2.05, 4.69) is 17.4 Å². The van der Waals surface area contributed by atoms with Gasteiger partial charge in [-0.15, -0.1) is 0 Å². The maximum atomic E-state index is 12.7. The van der Waals surface area contributed by atoms with Gasteiger partial charge in [0.2, 0.25) is 5.91 Å². The van der Waals surface area contributed by atoms with Crippen molar-refractivity contribution in [2.45, 2.75) is 37.8 Å². The van der Waals surface area contributed by atoms with Crippen molar-refractivity contribution in [3.8, 4) is 11.1 Å². The third-order valence-electron chi connectivity index (χ3n) is 6.13. The predicted octanol–water partition coefficient (Wildman–Crippen LogP) is 2.99. The first-order valence-corrected chi connectivity index (χ1v) is 9.99. The van der Waals surface area contributed by atoms with Crippen LogP contribution in [0.5, 0.6) is 0 Å². The van der Waals surface area contributed by atoms with Gasteiger partial charge in [0, 0.05) is 12.5 Å². The maximum Gasteiger partial charge on any atom is 0.408 e. The molecule has 1 saturated heterocycles. The molecule has 2 amide bonds. The third-order valence-corrected chi connectivity index (χ3v) is 6.13. The number of ether oxygens (including phenoxy) is 1. The van der Waals surface area contributed by atoms with Crippen LogP contribution in [0.3, 0.4) is 0 Å². The average molecular weight is 408 g/mol. The normalized spacial score (nSPS) is 21.1. The minimum atomic E-state index is -1.17. The average Bonchev–Trinajstić information content (AvgIpc) is 3.20. The number of alkyl carbamates (subject to hydrolysis) is 1. The molecule has 2 aromatic carbocycles. The molecule has 0 saturated carbocycles. The number of hydrogen-bond donors (Lipinski definition) is 2. The van der Waals surface area contributed by atoms with Crippen LogP contribution in [0.2, 0.25) is 0 Å². The standard InChI is InChI=1S/C23H24N2O5/c1-14(20(26)27)25-12-11-23(2,21(25)28)24-22(29)30-13-19-17-9-5-3-7-15(17)16-8-4-6-10-18(16)19/h3-10,14,19H,11-13H2,1-2H3,(H,24,29)(H,26,27)/t14-,23?/m0/s1. The zero-order valence-electron chi connectivity index (χ0n) is 16.9. The van der Waals surface area contributed by atoms with Crippen LogP contribution in [0.15, 0.2) is 48.5 Å². The molecule has 4 rings (SSSR count). The van der Waals surface area contributed by atoms with Gasteiger partial charge in [-0.2, -0.15) is 0 Å². The molecule has 1 aliphatic carbocycles. The highest BCUT2D eigenvalue weighted by molar-refractivity contribution is 5.94. The molecule has 1 heterocycles. The van der Waals surface area contributed by atoms with Crippen molar-refractivity contribution in [3.63, 3.8) is 0 Å². The minimum Gasteiger partial charge on any atom is -0.480 e. The molecule has 1 aliphatic heterocycles. The Labute approximate surface area is 174 Å². The molecule has 2 aliphatic rings. The summed E-state index contributed by atoms with van der Waals surface area (Å²) in [7, 11) is 0. The lowest BCUT2D eigenvalue weighted by Crippen LogP contribution is -2.54. The summed E-state index contributed by atoms with van der Waals surface area (Å²) in [6.07, 6.45) is -0.356. The Hall–Kier alpha value is -3.35. The van der Waals surface area contributed by atoms with E-state index in [4.69, 9.17) is 4.74 Å². The number of nitrogens with one attached hydrogen (secondary N) is 1. The molecule has 7 nitrogen and oxygen atoms in total. The lowest BCUT2D eigenvalue weighted by Gasteiger charge is -2.26. The van der Waals surface area contributed by atoms with Gasteiger partial charge < -0.3 is 20.1 Å². The van der Waals surface area contributed by atoms with Gasteiger partial charge in [0.25, 0.3) is 0 Å². The number of carbonyl (C=O) groups is 3. The van der Waals surface area contributed by atoms with Gasteiger partial charge in [0.15, 0.2) is 0 Å². The smallest absolute Gasteiger partial charge is 0.408 e. The number of rotatable bonds is 5. The number of hydrogen-bond acceptors (Lipinski definition) is 4. The van der Waals surface area contributed by atoms with Crippen LogP contribution in [0.1, 0.15) is 37.3 Å². The number of benzene rings is 2. The van der Waals surface area contributed by atoms with E-state index < -0.39 is 29.6 Å². The van der Waals surface area contributed by atoms with Crippen molar-refractivity contribution < 1.29 is 24.2 Å². The Morgan fingerprint density at radius 2 is 1.73 bits per heavy atom. The van der Waals surface area contributed by atoms with Crippen molar-refractivity contribution in [1.29, 1.82) is 0 Å². The molecular formula is C23H24N2O5. The Morgan fingerprint density at radius 1 is 1.17 bits per heavy atom. The molecule has 0 spiro atoms. The molecule has 0 aromatic heterocycles. The van der Waals surface area contributed by atoms with E-state index in [-0.39, 0.29) is 19.1 Å². The van der Waals surface area contributed by atoms with Crippen LogP contribution < -0.4 is 5.32 Å². The first-order chi connectivity index (χ1) is 14.3. The van der Waals surface area contributed by atoms with Crippen molar-refractivity contribution in [1.82, 2.24) is 10.2 Å². The highest BCUT2D eigenvalue weighted by Gasteiger charge is 2.47. The van der Waals surface area contributed by atoms with Gasteiger partial charge in [-0.3, -0.25) is 4.79 Å². The molecule has 0 radical (unpaired) electrons. The van der Waals surface area contributed by atoms with Crippen molar-refractivity contribution in [2.24, 2.45) is 0 Å². The summed E-state index contributed by atoms with van der Waals surface area (Å²) in [5.41, 5.74) is 3.32. The second-order valence-electron chi connectivity index (χ2n) is 8.05. The van der Waals surface area contributed by atoms with Crippen LogP contribution in [0.4, 0.5) is 4.79 Å². The number of nitrogens with zero attached hydrogens (tertiary/aromatic N) is 1. The van der Waals surface area contributed by atoms with Crippen LogP contribution in [0.25, 0.3) is 11.1 Å². The number of carboxylic acid groups (broad SMARTS) is 1. The quantitative estimate of drug-likeness (QED) is 0.793. The first-order valence-electron chi connectivity index (χ1n) is 9.99. The van der Waals surface area contributed by atoms with Gasteiger partial charge in [0.05, 0.1) is 0 Å². The fourth-order valence-corrected chi connectivity index (χ4v) is 4.35. The number of carbonyl (C=O) groups excluding carboxylic acids is 2. The monoisotopic (exact) mass is 408 g/mol. The molecule has 2 N–H and O–H groups in total. The van der Waals surface area contributed by atoms with Gasteiger partial charge in [0.1, 0.15) is 18.2 Å². The van der Waals surface area contributed by atoms with Crippen LogP contribution in [-0.4, -0.2) is 52.7 Å². The zero-order valence-corrected chi connectivity index (χ0v) is 16.9. The summed E-state index contributed by atoms with van der Waals surface area (Å²) >= 11 is 0. The van der Waals surface area contributed by atoms with E-state index in [0.29, 0.717) is 6.42 Å². The summed E-state index contributed by atoms with van der Waals surface area (Å²) in [4.78, 5) is 37.7. The van der Waals surface area contributed by atoms with E-state index in [1.54, 1.807) is 6.92 Å². The number of amides is 2. The summed E-state index contributed by atoms with van der Waals surface area (Å²) < 4.78 is 5.52. The van der Waals surface area contributed by atoms with Crippen molar-refractivity contribution in [2.75, 3.05) is 13.2 Å². The minimum absolute atomic E-state index is 0.0706. The first kappa shape index (κ1) is 19.9. The molecule has 1 unspecified atom stereocenters. The van der Waals surface area contributed by atoms with Gasteiger partial charge >= 0.3 is 12.1 Å². The summed E-state index contributed by atoms with van der Waals surface area (Å²) in [5.74, 6) is -1.56. The molecule has 1 fully saturated rings. The molecule has 2 aromatic rings. The van der Waals surface area contributed by atoms with Gasteiger partial charge in [-0.05, 0) is 42.5 Å². The number of carboxylic acids is 1. The van der Waals surface area contributed by atoms with Crippen LogP contribution >= 0.6 is 0 Å². The summed E-state index contributed by atoms with van der Waals surface area (Å²) in [5, 5.41) is 11.8. The SMILES string of the molecule is C[C@@H](C(=O)O)N1CCC(C)(NC(=O)OCC2c3ccccc3-c3ccccc32)C1=O. The van der Waals surface area contributed by atoms with Crippen LogP contribution in [0, 0.1) is 0 Å². The summed E-state index contributed by atoms with van der Waals surface area (Å²) in [6, 6.07) is 15.2. The van der Waals surface area contributed by atoms with E-state index in [1.165, 1.54) is 11.8 Å². The number of aliphatic carboxylic acids is 1. The highest BCUT2D eigenvalue weighted by Crippen LogP contribution is 2.44. The highest BCUT2D eigenvalue weighted by atomic mass is 16.5. The van der Waals surface area contributed by atoms with Gasteiger partial charge in [-0.25, -0.2) is 9.59 Å². The third kappa shape index (κ3) is 3.30. The Morgan fingerprint density at radius 3 is 2.30 bits per heavy atom. The predicted molar refractivity (Wildman–Crippen MR) is 110 cm³/mol. The van der Waals surface area contributed by atoms with E-state index >= 15 is 0 Å². The molecule has 7 heteroatoms. The Bertz CT molecular complexity index is 975. The fraction of sp³-hybridized carbons (Fsp3) is 0.348. The second-order valence-corrected chi connectivity index (χ2v) is 8.05.